The van der Waals surface area contributed by atoms with Gasteiger partial charge in [0.2, 0.25) is 10.0 Å². The van der Waals surface area contributed by atoms with E-state index in [9.17, 15) is 13.2 Å². The molecule has 0 spiro atoms. The molecule has 0 aliphatic carbocycles. The van der Waals surface area contributed by atoms with Gasteiger partial charge < -0.3 is 9.73 Å². The van der Waals surface area contributed by atoms with E-state index in [0.717, 1.165) is 6.42 Å². The molecular weight excluding hydrogens is 328 g/mol. The molecule has 1 heterocycles. The standard InChI is InChI=1S/C17H22N2O4S/c1-13(2)8-9-18-17(20)14-5-3-7-16(11-14)24(21,22)19-12-15-6-4-10-23-15/h3-7,10-11,13,19H,8-9,12H2,1-2H3,(H,18,20). The number of amides is 1. The normalized spacial score (nSPS) is 11.6. The van der Waals surface area contributed by atoms with Crippen molar-refractivity contribution in [1.29, 1.82) is 0 Å². The summed E-state index contributed by atoms with van der Waals surface area (Å²) in [5.74, 6) is 0.725. The van der Waals surface area contributed by atoms with Gasteiger partial charge >= 0.3 is 0 Å². The van der Waals surface area contributed by atoms with Gasteiger partial charge in [-0.25, -0.2) is 13.1 Å². The van der Waals surface area contributed by atoms with E-state index >= 15 is 0 Å². The van der Waals surface area contributed by atoms with Crippen molar-refractivity contribution in [2.24, 2.45) is 5.92 Å². The fraction of sp³-hybridized carbons (Fsp3) is 0.353. The van der Waals surface area contributed by atoms with E-state index in [4.69, 9.17) is 4.42 Å². The summed E-state index contributed by atoms with van der Waals surface area (Å²) in [7, 11) is -3.72. The zero-order valence-electron chi connectivity index (χ0n) is 13.8. The summed E-state index contributed by atoms with van der Waals surface area (Å²) < 4.78 is 32.2. The van der Waals surface area contributed by atoms with Gasteiger partial charge in [0.05, 0.1) is 17.7 Å². The topological polar surface area (TPSA) is 88.4 Å². The molecule has 0 aliphatic rings. The first-order chi connectivity index (χ1) is 11.4. The summed E-state index contributed by atoms with van der Waals surface area (Å²) >= 11 is 0. The van der Waals surface area contributed by atoms with Crippen LogP contribution in [0.1, 0.15) is 36.4 Å². The second-order valence-electron chi connectivity index (χ2n) is 5.87. The maximum absolute atomic E-state index is 12.3. The lowest BCUT2D eigenvalue weighted by molar-refractivity contribution is 0.0952. The molecule has 24 heavy (non-hydrogen) atoms. The largest absolute Gasteiger partial charge is 0.468 e. The highest BCUT2D eigenvalue weighted by Gasteiger charge is 2.16. The van der Waals surface area contributed by atoms with E-state index in [-0.39, 0.29) is 17.3 Å². The molecule has 0 fully saturated rings. The molecule has 0 saturated carbocycles. The number of rotatable bonds is 8. The lowest BCUT2D eigenvalue weighted by Crippen LogP contribution is -2.26. The van der Waals surface area contributed by atoms with Gasteiger partial charge in [-0.1, -0.05) is 19.9 Å². The highest BCUT2D eigenvalue weighted by atomic mass is 32.2. The number of hydrogen-bond donors (Lipinski definition) is 2. The fourth-order valence-electron chi connectivity index (χ4n) is 2.04. The van der Waals surface area contributed by atoms with Crippen LogP contribution >= 0.6 is 0 Å². The van der Waals surface area contributed by atoms with E-state index in [1.165, 1.54) is 18.4 Å². The lowest BCUT2D eigenvalue weighted by atomic mass is 10.1. The molecule has 2 N–H and O–H groups in total. The summed E-state index contributed by atoms with van der Waals surface area (Å²) in [5.41, 5.74) is 0.319. The van der Waals surface area contributed by atoms with E-state index in [0.29, 0.717) is 23.8 Å². The molecule has 0 radical (unpaired) electrons. The third-order valence-electron chi connectivity index (χ3n) is 3.43. The molecule has 2 rings (SSSR count). The first kappa shape index (κ1) is 18.2. The van der Waals surface area contributed by atoms with Gasteiger partial charge in [0.15, 0.2) is 0 Å². The van der Waals surface area contributed by atoms with Gasteiger partial charge in [0.25, 0.3) is 5.91 Å². The molecule has 0 saturated heterocycles. The maximum Gasteiger partial charge on any atom is 0.251 e. The quantitative estimate of drug-likeness (QED) is 0.766. The number of sulfonamides is 1. The fourth-order valence-corrected chi connectivity index (χ4v) is 3.08. The van der Waals surface area contributed by atoms with Crippen LogP contribution in [0, 0.1) is 5.92 Å². The second-order valence-corrected chi connectivity index (χ2v) is 7.64. The van der Waals surface area contributed by atoms with Crippen molar-refractivity contribution >= 4 is 15.9 Å². The summed E-state index contributed by atoms with van der Waals surface area (Å²) in [6.45, 7) is 4.76. The number of benzene rings is 1. The van der Waals surface area contributed by atoms with E-state index in [1.54, 1.807) is 24.3 Å². The zero-order valence-corrected chi connectivity index (χ0v) is 14.6. The van der Waals surface area contributed by atoms with Gasteiger partial charge in [-0.2, -0.15) is 0 Å². The monoisotopic (exact) mass is 350 g/mol. The zero-order chi connectivity index (χ0) is 17.6. The van der Waals surface area contributed by atoms with Crippen molar-refractivity contribution < 1.29 is 17.6 Å². The number of carbonyl (C=O) groups excluding carboxylic acids is 1. The third kappa shape index (κ3) is 5.21. The van der Waals surface area contributed by atoms with Crippen molar-refractivity contribution in [3.05, 3.63) is 54.0 Å². The third-order valence-corrected chi connectivity index (χ3v) is 4.83. The Balaban J connectivity index is 2.04. The van der Waals surface area contributed by atoms with Crippen LogP contribution in [0.4, 0.5) is 0 Å². The van der Waals surface area contributed by atoms with E-state index in [1.807, 2.05) is 0 Å². The van der Waals surface area contributed by atoms with Crippen molar-refractivity contribution in [2.75, 3.05) is 6.54 Å². The van der Waals surface area contributed by atoms with Crippen LogP contribution in [0.15, 0.2) is 52.0 Å². The minimum atomic E-state index is -3.72. The van der Waals surface area contributed by atoms with Crippen molar-refractivity contribution in [2.45, 2.75) is 31.7 Å². The molecule has 0 aliphatic heterocycles. The molecule has 0 atom stereocenters. The average Bonchev–Trinajstić information content (AvgIpc) is 3.06. The Hall–Kier alpha value is -2.12. The van der Waals surface area contributed by atoms with Gasteiger partial charge in [-0.3, -0.25) is 4.79 Å². The van der Waals surface area contributed by atoms with Crippen molar-refractivity contribution in [3.63, 3.8) is 0 Å². The Morgan fingerprint density at radius 3 is 2.67 bits per heavy atom. The first-order valence-electron chi connectivity index (χ1n) is 7.79. The van der Waals surface area contributed by atoms with Gasteiger partial charge in [-0.15, -0.1) is 0 Å². The number of nitrogens with one attached hydrogen (secondary N) is 2. The highest BCUT2D eigenvalue weighted by molar-refractivity contribution is 7.89. The Bertz CT molecular complexity index is 768. The first-order valence-corrected chi connectivity index (χ1v) is 9.27. The number of carbonyl (C=O) groups is 1. The molecule has 1 amide bonds. The minimum Gasteiger partial charge on any atom is -0.468 e. The van der Waals surface area contributed by atoms with Gasteiger partial charge in [-0.05, 0) is 42.7 Å². The van der Waals surface area contributed by atoms with Crippen molar-refractivity contribution in [3.8, 4) is 0 Å². The predicted molar refractivity (Wildman–Crippen MR) is 91.0 cm³/mol. The van der Waals surface area contributed by atoms with E-state index < -0.39 is 10.0 Å². The predicted octanol–water partition coefficient (Wildman–Crippen LogP) is 2.53. The minimum absolute atomic E-state index is 0.0468. The molecule has 1 aromatic heterocycles. The average molecular weight is 350 g/mol. The Morgan fingerprint density at radius 2 is 2.00 bits per heavy atom. The molecule has 7 heteroatoms. The molecule has 130 valence electrons. The van der Waals surface area contributed by atoms with Crippen LogP contribution in [0.2, 0.25) is 0 Å². The molecule has 0 bridgehead atoms. The smallest absolute Gasteiger partial charge is 0.251 e. The summed E-state index contributed by atoms with van der Waals surface area (Å²) in [5, 5.41) is 2.79. The Morgan fingerprint density at radius 1 is 1.21 bits per heavy atom. The summed E-state index contributed by atoms with van der Waals surface area (Å²) in [4.78, 5) is 12.2. The van der Waals surface area contributed by atoms with Crippen LogP contribution in [0.3, 0.4) is 0 Å². The van der Waals surface area contributed by atoms with Crippen LogP contribution in [-0.2, 0) is 16.6 Å². The summed E-state index contributed by atoms with van der Waals surface area (Å²) in [6, 6.07) is 9.34. The molecule has 6 nitrogen and oxygen atoms in total. The molecule has 2 aromatic rings. The van der Waals surface area contributed by atoms with Gasteiger partial charge in [0, 0.05) is 12.1 Å². The van der Waals surface area contributed by atoms with E-state index in [2.05, 4.69) is 23.9 Å². The van der Waals surface area contributed by atoms with Gasteiger partial charge in [0.1, 0.15) is 5.76 Å². The van der Waals surface area contributed by atoms with Crippen LogP contribution in [-0.4, -0.2) is 20.9 Å². The van der Waals surface area contributed by atoms with Crippen molar-refractivity contribution in [1.82, 2.24) is 10.0 Å². The Kier molecular flexibility index (Phi) is 6.16. The maximum atomic E-state index is 12.3. The van der Waals surface area contributed by atoms with Crippen LogP contribution in [0.5, 0.6) is 0 Å². The highest BCUT2D eigenvalue weighted by Crippen LogP contribution is 2.12. The molecule has 0 unspecified atom stereocenters. The van der Waals surface area contributed by atoms with Crippen LogP contribution in [0.25, 0.3) is 0 Å². The lowest BCUT2D eigenvalue weighted by Gasteiger charge is -2.09. The summed E-state index contributed by atoms with van der Waals surface area (Å²) in [6.07, 6.45) is 2.35. The molecule has 1 aromatic carbocycles. The molecular formula is C17H22N2O4S. The van der Waals surface area contributed by atoms with Crippen LogP contribution < -0.4 is 10.0 Å². The second kappa shape index (κ2) is 8.12. The Labute approximate surface area is 142 Å². The SMILES string of the molecule is CC(C)CCNC(=O)c1cccc(S(=O)(=O)NCc2ccco2)c1. The number of hydrogen-bond acceptors (Lipinski definition) is 4. The number of furan rings is 1.